The van der Waals surface area contributed by atoms with Crippen LogP contribution in [0.3, 0.4) is 0 Å². The summed E-state index contributed by atoms with van der Waals surface area (Å²) in [7, 11) is -9.91. The van der Waals surface area contributed by atoms with Crippen LogP contribution in [-0.4, -0.2) is 96.7 Å². The molecular weight excluding hydrogens is 1250 g/mol. The Morgan fingerprint density at radius 3 is 0.716 bits per heavy atom. The Balaban J connectivity index is 5.24. The smallest absolute Gasteiger partial charge is 0.462 e. The fraction of sp³-hybridized carbons (Fsp3) is 0.947. The molecule has 5 atom stereocenters. The number of carbonyl (C=O) groups excluding carboxylic acids is 4. The maximum absolute atomic E-state index is 13.1. The average Bonchev–Trinajstić information content (AvgIpc) is 2.23. The fourth-order valence-electron chi connectivity index (χ4n) is 11.7. The summed E-state index contributed by atoms with van der Waals surface area (Å²) in [6, 6.07) is 0. The largest absolute Gasteiger partial charge is 0.472 e. The van der Waals surface area contributed by atoms with E-state index in [0.29, 0.717) is 25.7 Å². The zero-order valence-electron chi connectivity index (χ0n) is 62.0. The van der Waals surface area contributed by atoms with Crippen molar-refractivity contribution < 1.29 is 80.2 Å². The van der Waals surface area contributed by atoms with E-state index < -0.39 is 97.5 Å². The minimum absolute atomic E-state index is 0.106. The number of ether oxygens (including phenoxy) is 4. The van der Waals surface area contributed by atoms with E-state index in [0.717, 1.165) is 102 Å². The zero-order valence-corrected chi connectivity index (χ0v) is 63.8. The van der Waals surface area contributed by atoms with Crippen molar-refractivity contribution in [2.75, 3.05) is 39.6 Å². The molecule has 564 valence electrons. The molecule has 0 saturated carbocycles. The Kier molecular flexibility index (Phi) is 66.5. The second kappa shape index (κ2) is 67.9. The molecule has 0 radical (unpaired) electrons. The Morgan fingerprint density at radius 1 is 0.284 bits per heavy atom. The van der Waals surface area contributed by atoms with Crippen molar-refractivity contribution in [3.05, 3.63) is 0 Å². The van der Waals surface area contributed by atoms with Crippen molar-refractivity contribution in [3.8, 4) is 0 Å². The minimum Gasteiger partial charge on any atom is -0.462 e. The minimum atomic E-state index is -4.96. The number of hydrogen-bond acceptors (Lipinski definition) is 15. The predicted octanol–water partition coefficient (Wildman–Crippen LogP) is 22.3. The molecular formula is C76H148O17P2. The molecule has 19 heteroatoms. The van der Waals surface area contributed by atoms with Gasteiger partial charge in [0, 0.05) is 25.7 Å². The summed E-state index contributed by atoms with van der Waals surface area (Å²) in [5.41, 5.74) is 0. The van der Waals surface area contributed by atoms with E-state index in [1.165, 1.54) is 212 Å². The van der Waals surface area contributed by atoms with Crippen molar-refractivity contribution in [1.82, 2.24) is 0 Å². The predicted molar refractivity (Wildman–Crippen MR) is 386 cm³/mol. The molecule has 0 aromatic carbocycles. The molecule has 17 nitrogen and oxygen atoms in total. The van der Waals surface area contributed by atoms with E-state index in [9.17, 15) is 43.2 Å². The quantitative estimate of drug-likeness (QED) is 0.0222. The normalized spacial score (nSPS) is 14.0. The first-order chi connectivity index (χ1) is 45.9. The second-order valence-corrected chi connectivity index (χ2v) is 31.3. The molecule has 2 unspecified atom stereocenters. The Bertz CT molecular complexity index is 1840. The monoisotopic (exact) mass is 1400 g/mol. The van der Waals surface area contributed by atoms with Crippen LogP contribution in [0.25, 0.3) is 0 Å². The van der Waals surface area contributed by atoms with Crippen LogP contribution in [0, 0.1) is 11.8 Å². The van der Waals surface area contributed by atoms with Crippen molar-refractivity contribution in [1.29, 1.82) is 0 Å². The van der Waals surface area contributed by atoms with Gasteiger partial charge in [0.05, 0.1) is 26.4 Å². The zero-order chi connectivity index (χ0) is 70.0. The molecule has 0 aromatic heterocycles. The van der Waals surface area contributed by atoms with Crippen LogP contribution in [-0.2, 0) is 65.4 Å². The van der Waals surface area contributed by atoms with E-state index >= 15 is 0 Å². The number of rotatable bonds is 75. The van der Waals surface area contributed by atoms with Gasteiger partial charge in [-0.05, 0) is 37.5 Å². The fourth-order valence-corrected chi connectivity index (χ4v) is 13.2. The highest BCUT2D eigenvalue weighted by molar-refractivity contribution is 7.47. The Morgan fingerprint density at radius 2 is 0.484 bits per heavy atom. The molecule has 95 heavy (non-hydrogen) atoms. The van der Waals surface area contributed by atoms with Gasteiger partial charge in [0.15, 0.2) is 12.2 Å². The van der Waals surface area contributed by atoms with Gasteiger partial charge in [0.25, 0.3) is 0 Å². The number of phosphoric acid groups is 2. The molecule has 0 amide bonds. The van der Waals surface area contributed by atoms with Gasteiger partial charge in [-0.1, -0.05) is 343 Å². The summed E-state index contributed by atoms with van der Waals surface area (Å²) in [6.07, 6.45) is 55.4. The van der Waals surface area contributed by atoms with Crippen LogP contribution < -0.4 is 0 Å². The number of phosphoric ester groups is 2. The van der Waals surface area contributed by atoms with Crippen LogP contribution in [0.5, 0.6) is 0 Å². The van der Waals surface area contributed by atoms with Gasteiger partial charge >= 0.3 is 39.5 Å². The first kappa shape index (κ1) is 93.1. The van der Waals surface area contributed by atoms with Crippen LogP contribution in [0.1, 0.15) is 395 Å². The third-order valence-corrected chi connectivity index (χ3v) is 19.6. The molecule has 3 N–H and O–H groups in total. The number of esters is 4. The highest BCUT2D eigenvalue weighted by Gasteiger charge is 2.30. The van der Waals surface area contributed by atoms with Gasteiger partial charge in [-0.15, -0.1) is 0 Å². The van der Waals surface area contributed by atoms with E-state index in [-0.39, 0.29) is 25.7 Å². The van der Waals surface area contributed by atoms with Crippen molar-refractivity contribution >= 4 is 39.5 Å². The van der Waals surface area contributed by atoms with E-state index in [4.69, 9.17) is 37.0 Å². The number of aliphatic hydroxyl groups excluding tert-OH is 1. The third kappa shape index (κ3) is 70.3. The molecule has 0 aliphatic heterocycles. The Hall–Kier alpha value is -1.94. The van der Waals surface area contributed by atoms with E-state index in [1.54, 1.807) is 0 Å². The topological polar surface area (TPSA) is 237 Å². The Labute approximate surface area is 581 Å². The highest BCUT2D eigenvalue weighted by Crippen LogP contribution is 2.45. The molecule has 0 spiro atoms. The molecule has 0 saturated heterocycles. The van der Waals surface area contributed by atoms with E-state index in [2.05, 4.69) is 41.5 Å². The first-order valence-corrected chi connectivity index (χ1v) is 42.5. The van der Waals surface area contributed by atoms with Gasteiger partial charge in [0.2, 0.25) is 0 Å². The van der Waals surface area contributed by atoms with Crippen LogP contribution in [0.4, 0.5) is 0 Å². The number of carbonyl (C=O) groups is 4. The van der Waals surface area contributed by atoms with Crippen molar-refractivity contribution in [3.63, 3.8) is 0 Å². The number of hydrogen-bond donors (Lipinski definition) is 3. The summed E-state index contributed by atoms with van der Waals surface area (Å²) in [5.74, 6) is -0.587. The molecule has 0 rings (SSSR count). The summed E-state index contributed by atoms with van der Waals surface area (Å²) in [4.78, 5) is 72.8. The van der Waals surface area contributed by atoms with Crippen LogP contribution >= 0.6 is 15.6 Å². The molecule has 0 aromatic rings. The van der Waals surface area contributed by atoms with Gasteiger partial charge in [-0.3, -0.25) is 37.3 Å². The summed E-state index contributed by atoms with van der Waals surface area (Å²) >= 11 is 0. The van der Waals surface area contributed by atoms with Gasteiger partial charge < -0.3 is 33.8 Å². The lowest BCUT2D eigenvalue weighted by atomic mass is 10.0. The highest BCUT2D eigenvalue weighted by atomic mass is 31.2. The standard InChI is InChI=1S/C76H148O17P2/c1-7-9-11-13-15-17-19-20-21-22-23-26-30-36-42-48-54-60-75(80)92-71(65-87-74(79)59-53-47-41-35-29-27-24-25-28-32-38-44-50-56-68(3)4)66-90-94(82,83)88-62-70(77)63-89-95(84,85)91-67-72(64-86-73(78)58-52-46-40-34-18-16-14-12-10-8-2)93-76(81)61-55-49-43-37-31-33-39-45-51-57-69(5)6/h68-72,77H,7-67H2,1-6H3,(H,82,83)(H,84,85)/t70-,71-,72-/m1/s1. The molecule has 0 aliphatic rings. The summed E-state index contributed by atoms with van der Waals surface area (Å²) < 4.78 is 68.5. The van der Waals surface area contributed by atoms with Gasteiger partial charge in [0.1, 0.15) is 19.3 Å². The van der Waals surface area contributed by atoms with Crippen LogP contribution in [0.15, 0.2) is 0 Å². The second-order valence-electron chi connectivity index (χ2n) is 28.3. The van der Waals surface area contributed by atoms with Gasteiger partial charge in [-0.2, -0.15) is 0 Å². The molecule has 0 fully saturated rings. The maximum atomic E-state index is 13.1. The average molecular weight is 1400 g/mol. The first-order valence-electron chi connectivity index (χ1n) is 39.5. The summed E-state index contributed by atoms with van der Waals surface area (Å²) in [6.45, 7) is 9.59. The lowest BCUT2D eigenvalue weighted by Crippen LogP contribution is -2.30. The molecule has 0 bridgehead atoms. The molecule has 0 heterocycles. The SMILES string of the molecule is CCCCCCCCCCCCCCCCCCCC(=O)O[C@H](COC(=O)CCCCCCCCCCCCCCCC(C)C)COP(=O)(O)OC[C@@H](O)COP(=O)(O)OC[C@@H](COC(=O)CCCCCCCCCCCC)OC(=O)CCCCCCCCCCCC(C)C. The number of aliphatic hydroxyl groups is 1. The lowest BCUT2D eigenvalue weighted by molar-refractivity contribution is -0.161. The van der Waals surface area contributed by atoms with Crippen molar-refractivity contribution in [2.45, 2.75) is 413 Å². The van der Waals surface area contributed by atoms with Crippen LogP contribution in [0.2, 0.25) is 0 Å². The summed E-state index contributed by atoms with van der Waals surface area (Å²) in [5, 5.41) is 10.6. The van der Waals surface area contributed by atoms with Gasteiger partial charge in [-0.25, -0.2) is 9.13 Å². The number of unbranched alkanes of at least 4 members (excludes halogenated alkanes) is 45. The maximum Gasteiger partial charge on any atom is 0.472 e. The van der Waals surface area contributed by atoms with E-state index in [1.807, 2.05) is 0 Å². The third-order valence-electron chi connectivity index (χ3n) is 17.7. The molecule has 0 aliphatic carbocycles. The lowest BCUT2D eigenvalue weighted by Gasteiger charge is -2.21. The van der Waals surface area contributed by atoms with Crippen molar-refractivity contribution in [2.24, 2.45) is 11.8 Å².